The van der Waals surface area contributed by atoms with Gasteiger partial charge in [0.25, 0.3) is 0 Å². The van der Waals surface area contributed by atoms with Crippen LogP contribution in [0.3, 0.4) is 0 Å². The van der Waals surface area contributed by atoms with E-state index in [9.17, 15) is 9.59 Å². The molecule has 0 aromatic heterocycles. The largest absolute Gasteiger partial charge is 0.326 e. The van der Waals surface area contributed by atoms with E-state index < -0.39 is 0 Å². The van der Waals surface area contributed by atoms with Gasteiger partial charge >= 0.3 is 6.03 Å². The van der Waals surface area contributed by atoms with E-state index in [2.05, 4.69) is 5.32 Å². The van der Waals surface area contributed by atoms with Crippen molar-refractivity contribution in [2.75, 3.05) is 6.54 Å². The fourth-order valence-corrected chi connectivity index (χ4v) is 2.03. The Labute approximate surface area is 101 Å². The number of carbonyl (C=O) groups excluding carboxylic acids is 2. The second-order valence-corrected chi connectivity index (χ2v) is 4.35. The normalized spacial score (nSPS) is 21.2. The zero-order valence-electron chi connectivity index (χ0n) is 10.0. The van der Waals surface area contributed by atoms with Gasteiger partial charge in [0.05, 0.1) is 12.6 Å². The van der Waals surface area contributed by atoms with Gasteiger partial charge in [-0.15, -0.1) is 0 Å². The minimum atomic E-state index is -0.367. The Morgan fingerprint density at radius 3 is 2.59 bits per heavy atom. The third-order valence-electron chi connectivity index (χ3n) is 3.18. The number of Topliss-reactive ketones (excluding diaryl/α,β-unsaturated/α-hetero) is 1. The predicted molar refractivity (Wildman–Crippen MR) is 64.6 cm³/mol. The van der Waals surface area contributed by atoms with Crippen molar-refractivity contribution in [3.05, 3.63) is 35.9 Å². The fourth-order valence-electron chi connectivity index (χ4n) is 2.03. The molecule has 2 atom stereocenters. The SMILES string of the molecule is CC(=O)[C@H]1CN([C@@H](C)c2ccccc2)C(=O)N1. The molecule has 1 aliphatic heterocycles. The zero-order chi connectivity index (χ0) is 12.4. The highest BCUT2D eigenvalue weighted by Gasteiger charge is 2.34. The van der Waals surface area contributed by atoms with E-state index in [0.29, 0.717) is 6.54 Å². The number of nitrogens with one attached hydrogen (secondary N) is 1. The number of nitrogens with zero attached hydrogens (tertiary/aromatic N) is 1. The summed E-state index contributed by atoms with van der Waals surface area (Å²) in [5, 5.41) is 2.69. The molecular formula is C13H16N2O2. The van der Waals surface area contributed by atoms with Gasteiger partial charge in [0, 0.05) is 0 Å². The van der Waals surface area contributed by atoms with E-state index in [1.165, 1.54) is 6.92 Å². The van der Waals surface area contributed by atoms with Crippen molar-refractivity contribution in [1.29, 1.82) is 0 Å². The lowest BCUT2D eigenvalue weighted by Gasteiger charge is -2.23. The van der Waals surface area contributed by atoms with Crippen LogP contribution in [0.25, 0.3) is 0 Å². The minimum Gasteiger partial charge on any atom is -0.326 e. The van der Waals surface area contributed by atoms with Crippen molar-refractivity contribution in [2.24, 2.45) is 0 Å². The van der Waals surface area contributed by atoms with Crippen molar-refractivity contribution in [1.82, 2.24) is 10.2 Å². The summed E-state index contributed by atoms with van der Waals surface area (Å²) in [7, 11) is 0. The zero-order valence-corrected chi connectivity index (χ0v) is 10.0. The lowest BCUT2D eigenvalue weighted by molar-refractivity contribution is -0.118. The second-order valence-electron chi connectivity index (χ2n) is 4.35. The van der Waals surface area contributed by atoms with Gasteiger partial charge in [-0.3, -0.25) is 4.79 Å². The molecule has 1 heterocycles. The van der Waals surface area contributed by atoms with Gasteiger partial charge < -0.3 is 10.2 Å². The van der Waals surface area contributed by atoms with Gasteiger partial charge in [0.15, 0.2) is 5.78 Å². The molecule has 4 nitrogen and oxygen atoms in total. The maximum atomic E-state index is 11.8. The summed E-state index contributed by atoms with van der Waals surface area (Å²) in [6.07, 6.45) is 0. The Morgan fingerprint density at radius 2 is 2.06 bits per heavy atom. The van der Waals surface area contributed by atoms with Crippen LogP contribution in [0.4, 0.5) is 4.79 Å². The first-order chi connectivity index (χ1) is 8.09. The summed E-state index contributed by atoms with van der Waals surface area (Å²) in [4.78, 5) is 24.7. The van der Waals surface area contributed by atoms with Gasteiger partial charge in [-0.1, -0.05) is 30.3 Å². The van der Waals surface area contributed by atoms with E-state index >= 15 is 0 Å². The molecule has 0 saturated carbocycles. The van der Waals surface area contributed by atoms with Gasteiger partial charge in [-0.05, 0) is 19.4 Å². The predicted octanol–water partition coefficient (Wildman–Crippen LogP) is 1.73. The van der Waals surface area contributed by atoms with Gasteiger partial charge in [0.1, 0.15) is 6.04 Å². The lowest BCUT2D eigenvalue weighted by Crippen LogP contribution is -2.32. The number of urea groups is 1. The monoisotopic (exact) mass is 232 g/mol. The van der Waals surface area contributed by atoms with Gasteiger partial charge in [0.2, 0.25) is 0 Å². The number of carbonyl (C=O) groups is 2. The number of ketones is 1. The molecule has 0 bridgehead atoms. The van der Waals surface area contributed by atoms with Crippen LogP contribution in [-0.4, -0.2) is 29.3 Å². The van der Waals surface area contributed by atoms with E-state index in [-0.39, 0.29) is 23.9 Å². The molecule has 0 unspecified atom stereocenters. The molecule has 1 aromatic carbocycles. The van der Waals surface area contributed by atoms with E-state index in [4.69, 9.17) is 0 Å². The second kappa shape index (κ2) is 4.57. The molecule has 2 rings (SSSR count). The molecule has 90 valence electrons. The molecular weight excluding hydrogens is 216 g/mol. The average Bonchev–Trinajstić information content (AvgIpc) is 2.72. The van der Waals surface area contributed by atoms with Crippen LogP contribution < -0.4 is 5.32 Å². The summed E-state index contributed by atoms with van der Waals surface area (Å²) in [6, 6.07) is 9.26. The van der Waals surface area contributed by atoms with Crippen molar-refractivity contribution in [3.63, 3.8) is 0 Å². The van der Waals surface area contributed by atoms with Crippen LogP contribution in [0, 0.1) is 0 Å². The Balaban J connectivity index is 2.14. The summed E-state index contributed by atoms with van der Waals surface area (Å²) in [5.41, 5.74) is 1.08. The molecule has 17 heavy (non-hydrogen) atoms. The number of amides is 2. The van der Waals surface area contributed by atoms with Crippen LogP contribution in [0.2, 0.25) is 0 Å². The standard InChI is InChI=1S/C13H16N2O2/c1-9(11-6-4-3-5-7-11)15-8-12(10(2)16)14-13(15)17/h3-7,9,12H,8H2,1-2H3,(H,14,17)/t9-,12+/m0/s1. The van der Waals surface area contributed by atoms with E-state index in [0.717, 1.165) is 5.56 Å². The average molecular weight is 232 g/mol. The van der Waals surface area contributed by atoms with Crippen LogP contribution in [-0.2, 0) is 4.79 Å². The Hall–Kier alpha value is -1.84. The molecule has 1 fully saturated rings. The highest BCUT2D eigenvalue weighted by atomic mass is 16.2. The first-order valence-corrected chi connectivity index (χ1v) is 5.72. The molecule has 0 spiro atoms. The number of benzene rings is 1. The molecule has 0 radical (unpaired) electrons. The first-order valence-electron chi connectivity index (χ1n) is 5.72. The van der Waals surface area contributed by atoms with E-state index in [1.54, 1.807) is 4.90 Å². The summed E-state index contributed by atoms with van der Waals surface area (Å²) in [6.45, 7) is 3.92. The molecule has 1 aliphatic rings. The molecule has 2 amide bonds. The Bertz CT molecular complexity index is 430. The third kappa shape index (κ3) is 2.30. The van der Waals surface area contributed by atoms with Gasteiger partial charge in [-0.25, -0.2) is 4.79 Å². The topological polar surface area (TPSA) is 49.4 Å². The summed E-state index contributed by atoms with van der Waals surface area (Å²) >= 11 is 0. The lowest BCUT2D eigenvalue weighted by atomic mass is 10.1. The fraction of sp³-hybridized carbons (Fsp3) is 0.385. The Kier molecular flexibility index (Phi) is 3.13. The Morgan fingerprint density at radius 1 is 1.41 bits per heavy atom. The van der Waals surface area contributed by atoms with Crippen molar-refractivity contribution < 1.29 is 9.59 Å². The summed E-state index contributed by atoms with van der Waals surface area (Å²) < 4.78 is 0. The maximum Gasteiger partial charge on any atom is 0.318 e. The molecule has 1 aromatic rings. The highest BCUT2D eigenvalue weighted by molar-refractivity contribution is 5.90. The van der Waals surface area contributed by atoms with Crippen LogP contribution in [0.1, 0.15) is 25.5 Å². The van der Waals surface area contributed by atoms with E-state index in [1.807, 2.05) is 37.3 Å². The van der Waals surface area contributed by atoms with Crippen LogP contribution >= 0.6 is 0 Å². The quantitative estimate of drug-likeness (QED) is 0.862. The van der Waals surface area contributed by atoms with Crippen molar-refractivity contribution in [3.8, 4) is 0 Å². The molecule has 4 heteroatoms. The molecule has 1 saturated heterocycles. The number of hydrogen-bond donors (Lipinski definition) is 1. The van der Waals surface area contributed by atoms with Crippen molar-refractivity contribution >= 4 is 11.8 Å². The summed E-state index contributed by atoms with van der Waals surface area (Å²) in [5.74, 6) is 0.00103. The highest BCUT2D eigenvalue weighted by Crippen LogP contribution is 2.22. The van der Waals surface area contributed by atoms with Crippen LogP contribution in [0.5, 0.6) is 0 Å². The number of hydrogen-bond acceptors (Lipinski definition) is 2. The molecule has 0 aliphatic carbocycles. The first kappa shape index (κ1) is 11.6. The number of rotatable bonds is 3. The van der Waals surface area contributed by atoms with Crippen LogP contribution in [0.15, 0.2) is 30.3 Å². The van der Waals surface area contributed by atoms with Crippen molar-refractivity contribution in [2.45, 2.75) is 25.9 Å². The molecule has 1 N–H and O–H groups in total. The minimum absolute atomic E-state index is 0.00103. The smallest absolute Gasteiger partial charge is 0.318 e. The van der Waals surface area contributed by atoms with Gasteiger partial charge in [-0.2, -0.15) is 0 Å². The maximum absolute atomic E-state index is 11.8. The third-order valence-corrected chi connectivity index (χ3v) is 3.18.